The van der Waals surface area contributed by atoms with E-state index >= 15 is 0 Å². The van der Waals surface area contributed by atoms with Crippen LogP contribution < -0.4 is 21.3 Å². The summed E-state index contributed by atoms with van der Waals surface area (Å²) in [5.74, 6) is 1.88. The third-order valence-corrected chi connectivity index (χ3v) is 23.9. The smallest absolute Gasteiger partial charge is 0.322 e. The molecule has 2 fully saturated rings. The van der Waals surface area contributed by atoms with E-state index < -0.39 is 0 Å². The summed E-state index contributed by atoms with van der Waals surface area (Å²) in [7, 11) is 13.7. The van der Waals surface area contributed by atoms with Crippen LogP contribution in [-0.4, -0.2) is 275 Å². The van der Waals surface area contributed by atoms with Crippen molar-refractivity contribution in [2.24, 2.45) is 17.8 Å². The molecule has 144 heavy (non-hydrogen) atoms. The number of carbonyl (C=O) groups is 8. The minimum Gasteiger partial charge on any atom is -0.378 e. The van der Waals surface area contributed by atoms with E-state index in [1.165, 1.54) is 19.6 Å². The second-order valence-electron chi connectivity index (χ2n) is 36.2. The second kappa shape index (κ2) is 40.1. The summed E-state index contributed by atoms with van der Waals surface area (Å²) in [6.07, 6.45) is 22.6. The van der Waals surface area contributed by atoms with Crippen molar-refractivity contribution in [2.75, 3.05) is 104 Å². The van der Waals surface area contributed by atoms with E-state index in [1.54, 1.807) is 160 Å². The molecule has 4 aromatic carbocycles. The van der Waals surface area contributed by atoms with Crippen molar-refractivity contribution in [2.45, 2.75) is 47.0 Å². The van der Waals surface area contributed by atoms with E-state index in [1.807, 2.05) is 125 Å². The number of pyridine rings is 8. The Labute approximate surface area is 819 Å². The highest BCUT2D eigenvalue weighted by atomic mass is 16.5. The van der Waals surface area contributed by atoms with Gasteiger partial charge in [-0.15, -0.1) is 0 Å². The number of fused-ring (bicyclic) bond motifs is 8. The Hall–Kier alpha value is -18.6. The summed E-state index contributed by atoms with van der Waals surface area (Å²) in [5, 5.41) is 44.1. The predicted octanol–water partition coefficient (Wildman–Crippen LogP) is 14.9. The number of H-pyrrole nitrogens is 8. The van der Waals surface area contributed by atoms with Gasteiger partial charge in [0.05, 0.1) is 127 Å². The maximum atomic E-state index is 12.7. The Morgan fingerprint density at radius 1 is 0.368 bits per heavy atom. The lowest BCUT2D eigenvalue weighted by Gasteiger charge is -2.26. The molecule has 0 spiro atoms. The number of aromatic nitrogens is 24. The minimum atomic E-state index is -0.185. The molecule has 17 heterocycles. The quantitative estimate of drug-likeness (QED) is 0.0337. The summed E-state index contributed by atoms with van der Waals surface area (Å²) >= 11 is 0. The number of imidazole rings is 4. The molecular formula is C102H97N33O9. The van der Waals surface area contributed by atoms with Crippen molar-refractivity contribution >= 4 is 158 Å². The molecular weight excluding hydrogens is 1830 g/mol. The van der Waals surface area contributed by atoms with Crippen molar-refractivity contribution in [1.29, 1.82) is 0 Å². The van der Waals surface area contributed by atoms with Crippen LogP contribution in [0.2, 0.25) is 0 Å². The van der Waals surface area contributed by atoms with Gasteiger partial charge >= 0.3 is 6.03 Å². The topological polar surface area (TPSA) is 543 Å². The third-order valence-electron chi connectivity index (χ3n) is 23.9. The van der Waals surface area contributed by atoms with Gasteiger partial charge in [0.1, 0.15) is 44.8 Å². The number of rotatable bonds is 20. The number of urea groups is 1. The molecule has 1 saturated heterocycles. The van der Waals surface area contributed by atoms with Crippen LogP contribution in [0.5, 0.6) is 0 Å². The Morgan fingerprint density at radius 3 is 0.951 bits per heavy atom. The fourth-order valence-electron chi connectivity index (χ4n) is 16.3. The van der Waals surface area contributed by atoms with Crippen molar-refractivity contribution in [3.05, 3.63) is 218 Å². The fourth-order valence-corrected chi connectivity index (χ4v) is 16.3. The summed E-state index contributed by atoms with van der Waals surface area (Å²) < 4.78 is 5.32. The first-order valence-electron chi connectivity index (χ1n) is 46.1. The Bertz CT molecular complexity index is 8160. The average Bonchev–Trinajstić information content (AvgIpc) is 1.63. The van der Waals surface area contributed by atoms with E-state index in [4.69, 9.17) is 24.7 Å². The Kier molecular flexibility index (Phi) is 26.2. The monoisotopic (exact) mass is 1930 g/mol. The van der Waals surface area contributed by atoms with Gasteiger partial charge in [0.25, 0.3) is 23.6 Å². The van der Waals surface area contributed by atoms with E-state index in [0.29, 0.717) is 168 Å². The highest BCUT2D eigenvalue weighted by Gasteiger charge is 2.31. The number of carbonyl (C=O) groups excluding carboxylic acids is 8. The third kappa shape index (κ3) is 19.9. The van der Waals surface area contributed by atoms with Crippen LogP contribution in [0.25, 0.3) is 179 Å². The second-order valence-corrected chi connectivity index (χ2v) is 36.2. The highest BCUT2D eigenvalue weighted by molar-refractivity contribution is 6.10. The maximum absolute atomic E-state index is 12.7. The molecule has 42 heteroatoms. The SMILES string of the molecule is CC(C)C(=O)Nc1cncc(-c2cnc3n[nH]c(-c4nc5c(C(=O)N(C)C)cccc5[nH]4)c3c2)c1.CC(C)CC(=O)Nc1cncc(-c2cnc3n[nH]c(-c4nc5c(C(=O)N(C)C)cccc5[nH]4)c3c2)c1.CN(C)C(=O)c1cccc2[nH]c(-c3[nH]nc4ncc(-c5cncc(NC(=O)C6CC6)c5)cc34)nc12.CN(C)C(=O)c1cccc2[nH]c(-c3[nH]nc4ncc(-c5cncc(NC(=O)N6CCOCC6)c5)cc34)nc12. The van der Waals surface area contributed by atoms with Gasteiger partial charge in [-0.3, -0.25) is 73.9 Å². The average molecular weight is 1930 g/mol. The first-order valence-corrected chi connectivity index (χ1v) is 46.1. The molecule has 16 aromatic heterocycles. The standard InChI is InChI=1S/C26H25N9O3.C26H26N8O2.C25H22N8O2.C25H24N8O2/c1-34(2)25(36)18-4-3-5-20-21(18)31-24(30-20)22-19-11-16(13-28-23(19)33-32-22)15-10-17(14-27-12-15)29-26(37)35-6-8-38-9-7-35;1-14(2)8-21(35)29-17-9-15(11-27-13-17)16-10-19-23(32-33-24(19)28-12-16)25-30-20-7-5-6-18(22(20)31-25)26(36)34(3)4;1-33(2)25(35)17-4-3-5-19-20(17)30-23(29-19)21-18-9-15(11-27-22(18)32-31-21)14-8-16(12-26-10-14)28-24(34)13-6-7-13;1-13(2)24(34)28-16-8-14(10-26-12-16)15-9-18-21(31-32-22(18)27-11-15)23-29-19-7-5-6-17(20(19)30-23)25(35)33(3)4/h3-5,10-14H,6-9H2,1-2H3,(H,29,37)(H,30,31)(H,28,32,33);5-7,9-14H,8H2,1-4H3,(H,29,35)(H,30,31)(H,28,32,33);3-5,8-13H,6-7H2,1-2H3,(H,28,34)(H,29,30)(H,27,31,32);5-13H,1-4H3,(H,28,34)(H,29,30)(H,27,31,32). The van der Waals surface area contributed by atoms with Crippen LogP contribution in [0.4, 0.5) is 27.5 Å². The lowest BCUT2D eigenvalue weighted by molar-refractivity contribution is -0.119. The molecule has 9 amide bonds. The van der Waals surface area contributed by atoms with Crippen LogP contribution in [0, 0.1) is 17.8 Å². The molecule has 0 bridgehead atoms. The van der Waals surface area contributed by atoms with Crippen molar-refractivity contribution in [3.63, 3.8) is 0 Å². The van der Waals surface area contributed by atoms with Crippen molar-refractivity contribution in [1.82, 2.24) is 145 Å². The maximum Gasteiger partial charge on any atom is 0.322 e. The number of amides is 9. The van der Waals surface area contributed by atoms with Gasteiger partial charge in [0.15, 0.2) is 45.9 Å². The predicted molar refractivity (Wildman–Crippen MR) is 545 cm³/mol. The zero-order valence-corrected chi connectivity index (χ0v) is 80.2. The van der Waals surface area contributed by atoms with Crippen LogP contribution >= 0.6 is 0 Å². The molecule has 42 nitrogen and oxygen atoms in total. The first kappa shape index (κ1) is 94.3. The molecule has 1 aliphatic heterocycles. The zero-order valence-electron chi connectivity index (χ0n) is 80.2. The number of hydrogen-bond donors (Lipinski definition) is 12. The molecule has 0 radical (unpaired) electrons. The number of nitrogens with one attached hydrogen (secondary N) is 12. The van der Waals surface area contributed by atoms with E-state index in [9.17, 15) is 38.4 Å². The number of morpholine rings is 1. The number of benzene rings is 4. The molecule has 20 aromatic rings. The van der Waals surface area contributed by atoms with Gasteiger partial charge in [0, 0.05) is 182 Å². The lowest BCUT2D eigenvalue weighted by atomic mass is 10.1. The van der Waals surface area contributed by atoms with Crippen LogP contribution in [0.1, 0.15) is 88.4 Å². The molecule has 724 valence electrons. The molecule has 0 unspecified atom stereocenters. The first-order chi connectivity index (χ1) is 69.6. The zero-order chi connectivity index (χ0) is 100. The Balaban J connectivity index is 0.000000122. The number of nitrogens with zero attached hydrogens (tertiary/aromatic N) is 21. The molecule has 22 rings (SSSR count). The van der Waals surface area contributed by atoms with E-state index in [2.05, 4.69) is 122 Å². The fraction of sp³-hybridized carbons (Fsp3) is 0.216. The number of para-hydroxylation sites is 4. The van der Waals surface area contributed by atoms with Crippen LogP contribution in [0.15, 0.2) is 196 Å². The number of hydrogen-bond acceptors (Lipinski definition) is 25. The van der Waals surface area contributed by atoms with Crippen LogP contribution in [-0.2, 0) is 19.1 Å². The minimum absolute atomic E-state index is 0.0339. The normalized spacial score (nSPS) is 12.4. The van der Waals surface area contributed by atoms with Crippen molar-refractivity contribution < 1.29 is 43.1 Å². The summed E-state index contributed by atoms with van der Waals surface area (Å²) in [6, 6.07) is 37.0. The molecule has 0 atom stereocenters. The van der Waals surface area contributed by atoms with E-state index in [0.717, 1.165) is 101 Å². The largest absolute Gasteiger partial charge is 0.378 e. The summed E-state index contributed by atoms with van der Waals surface area (Å²) in [6.45, 7) is 9.84. The number of aromatic amines is 8. The van der Waals surface area contributed by atoms with Gasteiger partial charge in [-0.2, -0.15) is 20.4 Å². The van der Waals surface area contributed by atoms with Crippen molar-refractivity contribution in [3.8, 4) is 90.6 Å². The summed E-state index contributed by atoms with van der Waals surface area (Å²) in [5.41, 5.74) is 21.2. The van der Waals surface area contributed by atoms with Crippen LogP contribution in [0.3, 0.4) is 0 Å². The summed E-state index contributed by atoms with van der Waals surface area (Å²) in [4.78, 5) is 175. The highest BCUT2D eigenvalue weighted by Crippen LogP contribution is 2.39. The molecule has 1 saturated carbocycles. The van der Waals surface area contributed by atoms with E-state index in [-0.39, 0.29) is 65.1 Å². The van der Waals surface area contributed by atoms with Gasteiger partial charge in [-0.05, 0) is 116 Å². The van der Waals surface area contributed by atoms with Gasteiger partial charge in [-0.1, -0.05) is 52.0 Å². The van der Waals surface area contributed by atoms with Gasteiger partial charge in [-0.25, -0.2) is 44.7 Å². The van der Waals surface area contributed by atoms with Gasteiger partial charge < -0.3 is 70.4 Å². The Morgan fingerprint density at radius 2 is 0.660 bits per heavy atom. The number of ether oxygens (including phenoxy) is 1. The molecule has 2 aliphatic rings. The number of anilines is 4. The molecule has 12 N–H and O–H groups in total. The van der Waals surface area contributed by atoms with Gasteiger partial charge in [0.2, 0.25) is 17.7 Å². The lowest BCUT2D eigenvalue weighted by Crippen LogP contribution is -2.43. The molecule has 1 aliphatic carbocycles.